The van der Waals surface area contributed by atoms with Gasteiger partial charge < -0.3 is 20.2 Å². The fourth-order valence-corrected chi connectivity index (χ4v) is 5.76. The lowest BCUT2D eigenvalue weighted by atomic mass is 10.0. The Morgan fingerprint density at radius 2 is 1.89 bits per heavy atom. The summed E-state index contributed by atoms with van der Waals surface area (Å²) in [7, 11) is 0. The molecule has 1 fully saturated rings. The van der Waals surface area contributed by atoms with E-state index >= 15 is 0 Å². The van der Waals surface area contributed by atoms with Crippen molar-refractivity contribution >= 4 is 28.8 Å². The maximum absolute atomic E-state index is 13.7. The van der Waals surface area contributed by atoms with Gasteiger partial charge in [0.15, 0.2) is 0 Å². The van der Waals surface area contributed by atoms with E-state index in [1.165, 1.54) is 16.5 Å². The van der Waals surface area contributed by atoms with E-state index in [4.69, 9.17) is 4.98 Å². The van der Waals surface area contributed by atoms with E-state index in [0.717, 1.165) is 17.7 Å². The van der Waals surface area contributed by atoms with Crippen LogP contribution in [0.1, 0.15) is 58.1 Å². The van der Waals surface area contributed by atoms with Crippen molar-refractivity contribution in [3.05, 3.63) is 98.5 Å². The van der Waals surface area contributed by atoms with E-state index < -0.39 is 23.8 Å². The first kappa shape index (κ1) is 30.4. The van der Waals surface area contributed by atoms with Crippen molar-refractivity contribution in [2.75, 3.05) is 34.8 Å². The summed E-state index contributed by atoms with van der Waals surface area (Å²) in [6, 6.07) is 13.0. The van der Waals surface area contributed by atoms with Crippen LogP contribution in [0.5, 0.6) is 0 Å². The Morgan fingerprint density at radius 3 is 2.55 bits per heavy atom. The molecule has 228 valence electrons. The summed E-state index contributed by atoms with van der Waals surface area (Å²) in [6.45, 7) is 8.60. The number of halogens is 3. The first-order valence-electron chi connectivity index (χ1n) is 14.1. The number of aryl methyl sites for hydroxylation is 1. The molecular formula is C32H31F3N6O3. The van der Waals surface area contributed by atoms with E-state index in [9.17, 15) is 33.1 Å². The van der Waals surface area contributed by atoms with E-state index in [1.54, 1.807) is 31.3 Å². The standard InChI is InChI=1S/C32H31F3N6O3/c1-18-13-25(21(4)37-26-8-6-5-7-24(26)31(43)44)29-38-28(20(3)30(42)41(29)16-18)40-12-11-39(17-19(40)2)27-10-9-23(32(33,34)35)14-22(27)15-36/h5-10,13-14,16,19,21,37H,11-12,17H2,1-4H3,(H,43,44)/t19-,21?/m1/s1. The van der Waals surface area contributed by atoms with Gasteiger partial charge in [-0.3, -0.25) is 9.20 Å². The van der Waals surface area contributed by atoms with Crippen molar-refractivity contribution in [2.45, 2.75) is 46.0 Å². The van der Waals surface area contributed by atoms with Gasteiger partial charge in [-0.15, -0.1) is 0 Å². The molecule has 1 saturated heterocycles. The number of nitrogens with zero attached hydrogens (tertiary/aromatic N) is 5. The minimum absolute atomic E-state index is 0.0512. The summed E-state index contributed by atoms with van der Waals surface area (Å²) in [4.78, 5) is 34.3. The van der Waals surface area contributed by atoms with Crippen LogP contribution in [0.2, 0.25) is 0 Å². The normalized spacial score (nSPS) is 16.1. The number of carboxylic acid groups (broad SMARTS) is 1. The van der Waals surface area contributed by atoms with Gasteiger partial charge in [-0.05, 0) is 69.7 Å². The number of hydrogen-bond donors (Lipinski definition) is 2. The minimum atomic E-state index is -4.55. The van der Waals surface area contributed by atoms with Gasteiger partial charge in [0, 0.05) is 43.1 Å². The first-order chi connectivity index (χ1) is 20.8. The number of benzene rings is 2. The van der Waals surface area contributed by atoms with Crippen LogP contribution in [0.3, 0.4) is 0 Å². The summed E-state index contributed by atoms with van der Waals surface area (Å²) in [5.41, 5.74) is 2.23. The number of anilines is 3. The van der Waals surface area contributed by atoms with Crippen molar-refractivity contribution in [3.8, 4) is 6.07 Å². The molecule has 2 aromatic carbocycles. The molecule has 0 amide bonds. The average Bonchev–Trinajstić information content (AvgIpc) is 2.98. The molecule has 0 saturated carbocycles. The monoisotopic (exact) mass is 604 g/mol. The van der Waals surface area contributed by atoms with Crippen LogP contribution in [0.4, 0.5) is 30.4 Å². The average molecular weight is 605 g/mol. The zero-order chi connectivity index (χ0) is 31.9. The Morgan fingerprint density at radius 1 is 1.16 bits per heavy atom. The molecule has 0 spiro atoms. The highest BCUT2D eigenvalue weighted by atomic mass is 19.4. The van der Waals surface area contributed by atoms with Gasteiger partial charge in [0.2, 0.25) is 0 Å². The highest BCUT2D eigenvalue weighted by molar-refractivity contribution is 5.94. The minimum Gasteiger partial charge on any atom is -0.478 e. The zero-order valence-electron chi connectivity index (χ0n) is 24.6. The van der Waals surface area contributed by atoms with Crippen molar-refractivity contribution in [3.63, 3.8) is 0 Å². The molecule has 0 aliphatic carbocycles. The predicted molar refractivity (Wildman–Crippen MR) is 162 cm³/mol. The van der Waals surface area contributed by atoms with Crippen LogP contribution in [-0.2, 0) is 6.18 Å². The van der Waals surface area contributed by atoms with Gasteiger partial charge in [-0.2, -0.15) is 18.4 Å². The van der Waals surface area contributed by atoms with Gasteiger partial charge >= 0.3 is 12.1 Å². The Labute approximate surface area is 251 Å². The molecule has 1 unspecified atom stereocenters. The van der Waals surface area contributed by atoms with Crippen LogP contribution in [0, 0.1) is 25.2 Å². The number of aromatic nitrogens is 2. The molecule has 5 rings (SSSR count). The maximum Gasteiger partial charge on any atom is 0.416 e. The second-order valence-electron chi connectivity index (χ2n) is 11.1. The van der Waals surface area contributed by atoms with E-state index in [2.05, 4.69) is 5.32 Å². The summed E-state index contributed by atoms with van der Waals surface area (Å²) in [5, 5.41) is 22.5. The SMILES string of the molecule is Cc1cc(C(C)Nc2ccccc2C(=O)O)c2nc(N3CCN(c4ccc(C(F)(F)F)cc4C#N)C[C@H]3C)c(C)c(=O)n2c1. The van der Waals surface area contributed by atoms with Crippen LogP contribution in [0.15, 0.2) is 59.5 Å². The van der Waals surface area contributed by atoms with Crippen LogP contribution >= 0.6 is 0 Å². The van der Waals surface area contributed by atoms with Crippen molar-refractivity contribution < 1.29 is 23.1 Å². The Kier molecular flexibility index (Phi) is 7.99. The lowest BCUT2D eigenvalue weighted by Crippen LogP contribution is -2.53. The smallest absolute Gasteiger partial charge is 0.416 e. The molecule has 9 nitrogen and oxygen atoms in total. The van der Waals surface area contributed by atoms with Crippen molar-refractivity contribution in [1.29, 1.82) is 5.26 Å². The number of fused-ring (bicyclic) bond motifs is 1. The third-order valence-corrected chi connectivity index (χ3v) is 7.97. The quantitative estimate of drug-likeness (QED) is 0.285. The van der Waals surface area contributed by atoms with Crippen LogP contribution in [0.25, 0.3) is 5.65 Å². The van der Waals surface area contributed by atoms with Gasteiger partial charge in [-0.25, -0.2) is 9.78 Å². The molecule has 3 heterocycles. The molecular weight excluding hydrogens is 573 g/mol. The molecule has 0 radical (unpaired) electrons. The molecule has 2 aromatic heterocycles. The van der Waals surface area contributed by atoms with E-state index in [1.807, 2.05) is 42.7 Å². The third-order valence-electron chi connectivity index (χ3n) is 7.97. The molecule has 12 heteroatoms. The fraction of sp³-hybridized carbons (Fsp3) is 0.312. The predicted octanol–water partition coefficient (Wildman–Crippen LogP) is 5.79. The number of alkyl halides is 3. The van der Waals surface area contributed by atoms with Gasteiger partial charge in [0.1, 0.15) is 17.5 Å². The zero-order valence-corrected chi connectivity index (χ0v) is 24.6. The lowest BCUT2D eigenvalue weighted by molar-refractivity contribution is -0.137. The fourth-order valence-electron chi connectivity index (χ4n) is 5.76. The summed E-state index contributed by atoms with van der Waals surface area (Å²) >= 11 is 0. The number of aromatic carboxylic acids is 1. The van der Waals surface area contributed by atoms with Crippen LogP contribution < -0.4 is 20.7 Å². The van der Waals surface area contributed by atoms with Gasteiger partial charge in [0.05, 0.1) is 34.0 Å². The molecule has 2 atom stereocenters. The second kappa shape index (κ2) is 11.6. The largest absolute Gasteiger partial charge is 0.478 e. The number of nitrogens with one attached hydrogen (secondary N) is 1. The molecule has 4 aromatic rings. The number of carboxylic acids is 1. The number of carbonyl (C=O) groups is 1. The Bertz CT molecular complexity index is 1860. The molecule has 1 aliphatic rings. The Hall–Kier alpha value is -5.05. The van der Waals surface area contributed by atoms with Crippen molar-refractivity contribution in [2.24, 2.45) is 0 Å². The summed E-state index contributed by atoms with van der Waals surface area (Å²) < 4.78 is 41.2. The number of piperazine rings is 1. The highest BCUT2D eigenvalue weighted by Gasteiger charge is 2.33. The number of hydrogen-bond acceptors (Lipinski definition) is 7. The molecule has 0 bridgehead atoms. The maximum atomic E-state index is 13.7. The van der Waals surface area contributed by atoms with Gasteiger partial charge in [-0.1, -0.05) is 12.1 Å². The molecule has 1 aliphatic heterocycles. The number of para-hydroxylation sites is 1. The topological polar surface area (TPSA) is 114 Å². The third kappa shape index (κ3) is 5.65. The Balaban J connectivity index is 1.49. The first-order valence-corrected chi connectivity index (χ1v) is 14.1. The van der Waals surface area contributed by atoms with E-state index in [-0.39, 0.29) is 22.7 Å². The lowest BCUT2D eigenvalue weighted by Gasteiger charge is -2.42. The highest BCUT2D eigenvalue weighted by Crippen LogP contribution is 2.34. The van der Waals surface area contributed by atoms with Crippen molar-refractivity contribution in [1.82, 2.24) is 9.38 Å². The number of nitriles is 1. The second-order valence-corrected chi connectivity index (χ2v) is 11.1. The molecule has 44 heavy (non-hydrogen) atoms. The molecule has 2 N–H and O–H groups in total. The number of pyridine rings is 1. The number of rotatable bonds is 6. The van der Waals surface area contributed by atoms with Crippen LogP contribution in [-0.4, -0.2) is 46.1 Å². The summed E-state index contributed by atoms with van der Waals surface area (Å²) in [5.74, 6) is -0.564. The van der Waals surface area contributed by atoms with Gasteiger partial charge in [0.25, 0.3) is 5.56 Å². The summed E-state index contributed by atoms with van der Waals surface area (Å²) in [6.07, 6.45) is -2.83. The van der Waals surface area contributed by atoms with E-state index in [0.29, 0.717) is 53.6 Å².